The quantitative estimate of drug-likeness (QED) is 0.842. The molecule has 0 bridgehead atoms. The molecule has 1 aromatic heterocycles. The molecule has 94 valence electrons. The van der Waals surface area contributed by atoms with Gasteiger partial charge in [0.2, 0.25) is 5.28 Å². The minimum atomic E-state index is -0.446. The fraction of sp³-hybridized carbons (Fsp3) is 0.667. The Morgan fingerprint density at radius 3 is 3.12 bits per heavy atom. The molecule has 2 rings (SSSR count). The van der Waals surface area contributed by atoms with E-state index in [0.29, 0.717) is 5.92 Å². The molecule has 2 unspecified atom stereocenters. The molecule has 0 saturated heterocycles. The molecule has 3 nitrogen and oxygen atoms in total. The number of aromatic nitrogens is 2. The zero-order chi connectivity index (χ0) is 12.3. The van der Waals surface area contributed by atoms with Gasteiger partial charge in [-0.1, -0.05) is 19.8 Å². The zero-order valence-electron chi connectivity index (χ0n) is 9.92. The molecule has 0 amide bonds. The van der Waals surface area contributed by atoms with Gasteiger partial charge in [-0.3, -0.25) is 0 Å². The number of halogens is 2. The van der Waals surface area contributed by atoms with Gasteiger partial charge < -0.3 is 5.32 Å². The van der Waals surface area contributed by atoms with E-state index in [1.807, 2.05) is 0 Å². The van der Waals surface area contributed by atoms with Crippen molar-refractivity contribution in [3.8, 4) is 0 Å². The lowest BCUT2D eigenvalue weighted by Gasteiger charge is -2.26. The molecule has 1 aromatic rings. The van der Waals surface area contributed by atoms with Crippen LogP contribution in [0.15, 0.2) is 6.20 Å². The summed E-state index contributed by atoms with van der Waals surface area (Å²) in [6.45, 7) is 3.03. The van der Waals surface area contributed by atoms with Gasteiger partial charge in [0, 0.05) is 6.54 Å². The maximum Gasteiger partial charge on any atom is 0.224 e. The van der Waals surface area contributed by atoms with E-state index < -0.39 is 5.82 Å². The van der Waals surface area contributed by atoms with Gasteiger partial charge in [-0.2, -0.15) is 4.98 Å². The summed E-state index contributed by atoms with van der Waals surface area (Å²) in [6, 6.07) is 0. The highest BCUT2D eigenvalue weighted by Gasteiger charge is 2.19. The van der Waals surface area contributed by atoms with Crippen LogP contribution in [0.5, 0.6) is 0 Å². The van der Waals surface area contributed by atoms with Crippen LogP contribution in [-0.4, -0.2) is 16.5 Å². The van der Waals surface area contributed by atoms with Crippen LogP contribution >= 0.6 is 11.6 Å². The van der Waals surface area contributed by atoms with E-state index in [4.69, 9.17) is 11.6 Å². The number of hydrogen-bond acceptors (Lipinski definition) is 3. The van der Waals surface area contributed by atoms with E-state index in [1.54, 1.807) is 0 Å². The average molecular weight is 258 g/mol. The predicted molar refractivity (Wildman–Crippen MR) is 66.6 cm³/mol. The number of rotatable bonds is 3. The van der Waals surface area contributed by atoms with E-state index in [9.17, 15) is 4.39 Å². The average Bonchev–Trinajstić information content (AvgIpc) is 2.30. The maximum atomic E-state index is 13.4. The second-order valence-electron chi connectivity index (χ2n) is 4.85. The minimum absolute atomic E-state index is 0.0749. The highest BCUT2D eigenvalue weighted by molar-refractivity contribution is 6.28. The van der Waals surface area contributed by atoms with Crippen molar-refractivity contribution < 1.29 is 4.39 Å². The van der Waals surface area contributed by atoms with Crippen molar-refractivity contribution >= 4 is 17.4 Å². The molecule has 1 N–H and O–H groups in total. The van der Waals surface area contributed by atoms with Crippen LogP contribution < -0.4 is 5.32 Å². The molecule has 1 saturated carbocycles. The maximum absolute atomic E-state index is 13.4. The molecule has 1 aliphatic rings. The Labute approximate surface area is 106 Å². The first kappa shape index (κ1) is 12.6. The van der Waals surface area contributed by atoms with E-state index >= 15 is 0 Å². The lowest BCUT2D eigenvalue weighted by molar-refractivity contribution is 0.293. The Hall–Kier alpha value is -0.900. The second-order valence-corrected chi connectivity index (χ2v) is 5.19. The van der Waals surface area contributed by atoms with Crippen molar-refractivity contribution in [2.75, 3.05) is 11.9 Å². The Bertz CT molecular complexity index is 386. The van der Waals surface area contributed by atoms with Crippen LogP contribution in [0.1, 0.15) is 32.6 Å². The first-order valence-corrected chi connectivity index (χ1v) is 6.45. The zero-order valence-corrected chi connectivity index (χ0v) is 10.7. The normalized spacial score (nSPS) is 24.6. The molecule has 5 heteroatoms. The monoisotopic (exact) mass is 257 g/mol. The topological polar surface area (TPSA) is 37.8 Å². The van der Waals surface area contributed by atoms with Crippen molar-refractivity contribution in [3.05, 3.63) is 17.3 Å². The molecule has 1 aliphatic carbocycles. The van der Waals surface area contributed by atoms with Crippen molar-refractivity contribution in [2.24, 2.45) is 11.8 Å². The van der Waals surface area contributed by atoms with Crippen LogP contribution in [0.4, 0.5) is 10.2 Å². The number of nitrogens with one attached hydrogen (secondary N) is 1. The lowest BCUT2D eigenvalue weighted by atomic mass is 9.82. The van der Waals surface area contributed by atoms with Gasteiger partial charge in [-0.15, -0.1) is 0 Å². The van der Waals surface area contributed by atoms with Crippen LogP contribution in [0, 0.1) is 17.7 Å². The van der Waals surface area contributed by atoms with Gasteiger partial charge in [0.05, 0.1) is 6.20 Å². The highest BCUT2D eigenvalue weighted by Crippen LogP contribution is 2.28. The van der Waals surface area contributed by atoms with Gasteiger partial charge in [-0.25, -0.2) is 9.37 Å². The minimum Gasteiger partial charge on any atom is -0.367 e. The van der Waals surface area contributed by atoms with Crippen LogP contribution in [-0.2, 0) is 0 Å². The summed E-state index contributed by atoms with van der Waals surface area (Å²) >= 11 is 5.63. The van der Waals surface area contributed by atoms with Crippen LogP contribution in [0.3, 0.4) is 0 Å². The molecule has 1 heterocycles. The third-order valence-corrected chi connectivity index (χ3v) is 3.50. The van der Waals surface area contributed by atoms with E-state index in [1.165, 1.54) is 25.7 Å². The van der Waals surface area contributed by atoms with Gasteiger partial charge in [0.1, 0.15) is 0 Å². The molecule has 0 radical (unpaired) electrons. The summed E-state index contributed by atoms with van der Waals surface area (Å²) in [6.07, 6.45) is 6.08. The van der Waals surface area contributed by atoms with Gasteiger partial charge in [-0.05, 0) is 36.3 Å². The Morgan fingerprint density at radius 1 is 1.53 bits per heavy atom. The predicted octanol–water partition coefficient (Wildman–Crippen LogP) is 3.51. The Morgan fingerprint density at radius 2 is 2.35 bits per heavy atom. The molecule has 17 heavy (non-hydrogen) atoms. The molecule has 0 spiro atoms. The third kappa shape index (κ3) is 3.53. The molecular weight excluding hydrogens is 241 g/mol. The van der Waals surface area contributed by atoms with Gasteiger partial charge >= 0.3 is 0 Å². The highest BCUT2D eigenvalue weighted by atomic mass is 35.5. The summed E-state index contributed by atoms with van der Waals surface area (Å²) in [5, 5.41) is 3.11. The van der Waals surface area contributed by atoms with Gasteiger partial charge in [0.15, 0.2) is 11.6 Å². The molecule has 1 fully saturated rings. The first-order valence-electron chi connectivity index (χ1n) is 6.07. The van der Waals surface area contributed by atoms with Crippen LogP contribution in [0.2, 0.25) is 5.28 Å². The number of nitrogens with zero attached hydrogens (tertiary/aromatic N) is 2. The van der Waals surface area contributed by atoms with Crippen molar-refractivity contribution in [3.63, 3.8) is 0 Å². The van der Waals surface area contributed by atoms with E-state index in [0.717, 1.165) is 18.7 Å². The number of anilines is 1. The van der Waals surface area contributed by atoms with Crippen LogP contribution in [0.25, 0.3) is 0 Å². The summed E-state index contributed by atoms with van der Waals surface area (Å²) in [5.74, 6) is 1.14. The summed E-state index contributed by atoms with van der Waals surface area (Å²) in [5.41, 5.74) is 0. The third-order valence-electron chi connectivity index (χ3n) is 3.32. The second kappa shape index (κ2) is 5.63. The SMILES string of the molecule is CC1CCCC(CNc2nc(Cl)ncc2F)C1. The van der Waals surface area contributed by atoms with E-state index in [-0.39, 0.29) is 11.1 Å². The smallest absolute Gasteiger partial charge is 0.224 e. The molecule has 0 aliphatic heterocycles. The lowest BCUT2D eigenvalue weighted by Crippen LogP contribution is -2.21. The van der Waals surface area contributed by atoms with E-state index in [2.05, 4.69) is 22.2 Å². The summed E-state index contributed by atoms with van der Waals surface area (Å²) < 4.78 is 13.4. The number of hydrogen-bond donors (Lipinski definition) is 1. The summed E-state index contributed by atoms with van der Waals surface area (Å²) in [4.78, 5) is 7.43. The van der Waals surface area contributed by atoms with Crippen molar-refractivity contribution in [1.29, 1.82) is 0 Å². The Balaban J connectivity index is 1.90. The van der Waals surface area contributed by atoms with Crippen molar-refractivity contribution in [1.82, 2.24) is 9.97 Å². The largest absolute Gasteiger partial charge is 0.367 e. The van der Waals surface area contributed by atoms with Crippen molar-refractivity contribution in [2.45, 2.75) is 32.6 Å². The fourth-order valence-corrected chi connectivity index (χ4v) is 2.59. The molecular formula is C12H17ClFN3. The Kier molecular flexibility index (Phi) is 4.15. The standard InChI is InChI=1S/C12H17ClFN3/c1-8-3-2-4-9(5-8)6-15-11-10(14)7-16-12(13)17-11/h7-9H,2-6H2,1H3,(H,15,16,17). The first-order chi connectivity index (χ1) is 8.15. The fourth-order valence-electron chi connectivity index (χ4n) is 2.46. The molecule has 0 aromatic carbocycles. The van der Waals surface area contributed by atoms with Gasteiger partial charge in [0.25, 0.3) is 0 Å². The molecule has 2 atom stereocenters. The summed E-state index contributed by atoms with van der Waals surface area (Å²) in [7, 11) is 0.